The summed E-state index contributed by atoms with van der Waals surface area (Å²) in [6, 6.07) is 18.7. The maximum Gasteiger partial charge on any atom is 0.254 e. The Morgan fingerprint density at radius 3 is 2.29 bits per heavy atom. The normalized spacial score (nSPS) is 11.2. The highest BCUT2D eigenvalue weighted by molar-refractivity contribution is 5.97. The molecule has 2 amide bonds. The molecule has 0 aliphatic carbocycles. The fourth-order valence-electron chi connectivity index (χ4n) is 3.25. The van der Waals surface area contributed by atoms with Crippen LogP contribution in [0.3, 0.4) is 0 Å². The molecular formula is C25H27FN2O3. The third-order valence-corrected chi connectivity index (χ3v) is 4.92. The van der Waals surface area contributed by atoms with Gasteiger partial charge in [0.05, 0.1) is 12.8 Å². The smallest absolute Gasteiger partial charge is 0.254 e. The third kappa shape index (κ3) is 6.04. The number of furan rings is 1. The minimum atomic E-state index is -0.637. The zero-order chi connectivity index (χ0) is 22.4. The maximum absolute atomic E-state index is 13.7. The van der Waals surface area contributed by atoms with E-state index >= 15 is 0 Å². The van der Waals surface area contributed by atoms with Gasteiger partial charge < -0.3 is 14.2 Å². The molecule has 0 radical (unpaired) electrons. The van der Waals surface area contributed by atoms with Crippen molar-refractivity contribution < 1.29 is 18.4 Å². The van der Waals surface area contributed by atoms with E-state index in [1.54, 1.807) is 23.3 Å². The number of rotatable bonds is 7. The molecule has 0 aliphatic rings. The Hall–Kier alpha value is -3.41. The van der Waals surface area contributed by atoms with Crippen LogP contribution in [0.2, 0.25) is 0 Å². The van der Waals surface area contributed by atoms with Gasteiger partial charge in [-0.15, -0.1) is 0 Å². The first kappa shape index (κ1) is 22.3. The van der Waals surface area contributed by atoms with Gasteiger partial charge in [-0.2, -0.15) is 0 Å². The number of carbonyl (C=O) groups excluding carboxylic acids is 2. The average molecular weight is 423 g/mol. The van der Waals surface area contributed by atoms with Gasteiger partial charge >= 0.3 is 0 Å². The molecule has 3 aromatic rings. The van der Waals surface area contributed by atoms with Gasteiger partial charge in [-0.1, -0.05) is 36.4 Å². The number of amides is 2. The Kier molecular flexibility index (Phi) is 6.90. The largest absolute Gasteiger partial charge is 0.467 e. The highest BCUT2D eigenvalue weighted by Crippen LogP contribution is 2.20. The van der Waals surface area contributed by atoms with Crippen molar-refractivity contribution in [3.8, 4) is 0 Å². The summed E-state index contributed by atoms with van der Waals surface area (Å²) < 4.78 is 19.1. The standard InChI is InChI=1S/C25H27FN2O3/c1-25(2,3)28(24(30)20-11-7-12-21(26)15-20)18-23(29)27(17-22-13-8-14-31-22)16-19-9-5-4-6-10-19/h4-15H,16-18H2,1-3H3. The Balaban J connectivity index is 1.84. The first-order valence-corrected chi connectivity index (χ1v) is 10.2. The molecule has 2 aromatic carbocycles. The highest BCUT2D eigenvalue weighted by Gasteiger charge is 2.31. The Morgan fingerprint density at radius 1 is 0.935 bits per heavy atom. The van der Waals surface area contributed by atoms with Gasteiger partial charge in [-0.05, 0) is 56.7 Å². The molecule has 0 bridgehead atoms. The van der Waals surface area contributed by atoms with Crippen LogP contribution in [0.15, 0.2) is 77.4 Å². The van der Waals surface area contributed by atoms with E-state index in [0.717, 1.165) is 5.56 Å². The number of hydrogen-bond donors (Lipinski definition) is 0. The third-order valence-electron chi connectivity index (χ3n) is 4.92. The fourth-order valence-corrected chi connectivity index (χ4v) is 3.25. The predicted octanol–water partition coefficient (Wildman–Crippen LogP) is 4.89. The zero-order valence-corrected chi connectivity index (χ0v) is 18.0. The zero-order valence-electron chi connectivity index (χ0n) is 18.0. The van der Waals surface area contributed by atoms with Crippen molar-refractivity contribution in [1.29, 1.82) is 0 Å². The molecular weight excluding hydrogens is 395 g/mol. The van der Waals surface area contributed by atoms with Crippen LogP contribution >= 0.6 is 0 Å². The van der Waals surface area contributed by atoms with Gasteiger partial charge in [0.1, 0.15) is 18.1 Å². The molecule has 1 aromatic heterocycles. The minimum Gasteiger partial charge on any atom is -0.467 e. The quantitative estimate of drug-likeness (QED) is 0.545. The second-order valence-electron chi connectivity index (χ2n) is 8.39. The van der Waals surface area contributed by atoms with E-state index in [4.69, 9.17) is 4.42 Å². The van der Waals surface area contributed by atoms with Gasteiger partial charge in [0.2, 0.25) is 5.91 Å². The van der Waals surface area contributed by atoms with Crippen LogP contribution in [0.4, 0.5) is 4.39 Å². The number of benzene rings is 2. The molecule has 0 atom stereocenters. The van der Waals surface area contributed by atoms with E-state index in [-0.39, 0.29) is 24.6 Å². The highest BCUT2D eigenvalue weighted by atomic mass is 19.1. The number of carbonyl (C=O) groups is 2. The molecule has 0 saturated carbocycles. The minimum absolute atomic E-state index is 0.133. The van der Waals surface area contributed by atoms with Gasteiger partial charge in [0, 0.05) is 17.6 Å². The van der Waals surface area contributed by atoms with Crippen molar-refractivity contribution in [3.63, 3.8) is 0 Å². The molecule has 0 aliphatic heterocycles. The lowest BCUT2D eigenvalue weighted by molar-refractivity contribution is -0.134. The van der Waals surface area contributed by atoms with Gasteiger partial charge in [0.25, 0.3) is 5.91 Å². The Bertz CT molecular complexity index is 1010. The van der Waals surface area contributed by atoms with Crippen LogP contribution in [-0.2, 0) is 17.9 Å². The van der Waals surface area contributed by atoms with Crippen LogP contribution in [0, 0.1) is 5.82 Å². The van der Waals surface area contributed by atoms with E-state index in [1.807, 2.05) is 57.2 Å². The lowest BCUT2D eigenvalue weighted by Gasteiger charge is -2.36. The summed E-state index contributed by atoms with van der Waals surface area (Å²) in [6.07, 6.45) is 1.56. The van der Waals surface area contributed by atoms with E-state index in [2.05, 4.69) is 0 Å². The van der Waals surface area contributed by atoms with E-state index in [0.29, 0.717) is 12.3 Å². The fraction of sp³-hybridized carbons (Fsp3) is 0.280. The van der Waals surface area contributed by atoms with Crippen LogP contribution in [0.25, 0.3) is 0 Å². The summed E-state index contributed by atoms with van der Waals surface area (Å²) in [6.45, 7) is 6.09. The SMILES string of the molecule is CC(C)(C)N(CC(=O)N(Cc1ccccc1)Cc1ccco1)C(=O)c1cccc(F)c1. The first-order chi connectivity index (χ1) is 14.7. The van der Waals surface area contributed by atoms with Crippen LogP contribution in [-0.4, -0.2) is 33.7 Å². The average Bonchev–Trinajstić information content (AvgIpc) is 3.24. The summed E-state index contributed by atoms with van der Waals surface area (Å²) in [4.78, 5) is 29.6. The number of halogens is 1. The summed E-state index contributed by atoms with van der Waals surface area (Å²) in [5.41, 5.74) is 0.548. The summed E-state index contributed by atoms with van der Waals surface area (Å²) >= 11 is 0. The van der Waals surface area contributed by atoms with Crippen LogP contribution in [0.5, 0.6) is 0 Å². The molecule has 162 valence electrons. The van der Waals surface area contributed by atoms with E-state index in [9.17, 15) is 14.0 Å². The van der Waals surface area contributed by atoms with Crippen molar-refractivity contribution in [2.24, 2.45) is 0 Å². The van der Waals surface area contributed by atoms with Crippen molar-refractivity contribution in [2.45, 2.75) is 39.4 Å². The molecule has 5 nitrogen and oxygen atoms in total. The van der Waals surface area contributed by atoms with Gasteiger partial charge in [-0.3, -0.25) is 9.59 Å². The van der Waals surface area contributed by atoms with Crippen LogP contribution < -0.4 is 0 Å². The van der Waals surface area contributed by atoms with Gasteiger partial charge in [0.15, 0.2) is 0 Å². The predicted molar refractivity (Wildman–Crippen MR) is 117 cm³/mol. The molecule has 0 unspecified atom stereocenters. The van der Waals surface area contributed by atoms with Crippen LogP contribution in [0.1, 0.15) is 42.5 Å². The Labute approximate surface area is 182 Å². The molecule has 0 fully saturated rings. The molecule has 31 heavy (non-hydrogen) atoms. The first-order valence-electron chi connectivity index (χ1n) is 10.2. The second kappa shape index (κ2) is 9.60. The Morgan fingerprint density at radius 2 is 1.68 bits per heavy atom. The molecule has 0 spiro atoms. The van der Waals surface area contributed by atoms with Crippen molar-refractivity contribution in [2.75, 3.05) is 6.54 Å². The van der Waals surface area contributed by atoms with Crippen molar-refractivity contribution in [1.82, 2.24) is 9.80 Å². The summed E-state index contributed by atoms with van der Waals surface area (Å²) in [7, 11) is 0. The topological polar surface area (TPSA) is 53.8 Å². The van der Waals surface area contributed by atoms with Crippen molar-refractivity contribution in [3.05, 3.63) is 95.7 Å². The lowest BCUT2D eigenvalue weighted by atomic mass is 10.0. The molecule has 0 saturated heterocycles. The molecule has 6 heteroatoms. The van der Waals surface area contributed by atoms with Crippen molar-refractivity contribution >= 4 is 11.8 Å². The maximum atomic E-state index is 13.7. The summed E-state index contributed by atoms with van der Waals surface area (Å²) in [5, 5.41) is 0. The molecule has 3 rings (SSSR count). The van der Waals surface area contributed by atoms with Gasteiger partial charge in [-0.25, -0.2) is 4.39 Å². The van der Waals surface area contributed by atoms with E-state index < -0.39 is 17.3 Å². The van der Waals surface area contributed by atoms with E-state index in [1.165, 1.54) is 23.1 Å². The summed E-state index contributed by atoms with van der Waals surface area (Å²) in [5.74, 6) is -0.449. The molecule has 1 heterocycles. The number of nitrogens with zero attached hydrogens (tertiary/aromatic N) is 2. The second-order valence-corrected chi connectivity index (χ2v) is 8.39. The monoisotopic (exact) mass is 422 g/mol. The number of hydrogen-bond acceptors (Lipinski definition) is 3. The molecule has 0 N–H and O–H groups in total. The lowest BCUT2D eigenvalue weighted by Crippen LogP contribution is -2.51.